The minimum absolute atomic E-state index is 0.349. The van der Waals surface area contributed by atoms with Crippen molar-refractivity contribution in [3.05, 3.63) is 18.2 Å². The molecule has 2 unspecified atom stereocenters. The topological polar surface area (TPSA) is 41.3 Å². The van der Waals surface area contributed by atoms with Gasteiger partial charge in [-0.1, -0.05) is 12.8 Å². The van der Waals surface area contributed by atoms with Crippen LogP contribution >= 0.6 is 0 Å². The van der Waals surface area contributed by atoms with Crippen molar-refractivity contribution >= 4 is 0 Å². The lowest BCUT2D eigenvalue weighted by atomic mass is 9.71. The van der Waals surface area contributed by atoms with Gasteiger partial charge in [-0.3, -0.25) is 0 Å². The number of nitrogens with zero attached hydrogens (tertiary/aromatic N) is 3. The molecule has 2 aliphatic rings. The summed E-state index contributed by atoms with van der Waals surface area (Å²) in [7, 11) is 2.05. The third-order valence-electron chi connectivity index (χ3n) is 5.08. The molecule has 1 N–H and O–H groups in total. The molecule has 1 saturated carbocycles. The molecule has 2 heterocycles. The van der Waals surface area contributed by atoms with Crippen LogP contribution in [0.2, 0.25) is 0 Å². The summed E-state index contributed by atoms with van der Waals surface area (Å²) in [5, 5.41) is 10.7. The number of fused-ring (bicyclic) bond motifs is 1. The van der Waals surface area contributed by atoms with E-state index >= 15 is 0 Å². The summed E-state index contributed by atoms with van der Waals surface area (Å²) in [6.07, 6.45) is 10.6. The van der Waals surface area contributed by atoms with E-state index in [1.165, 1.54) is 19.3 Å². The SMILES string of the molecule is Cn1ccnc1CCN1CCC2(O)CCCCC2C1. The molecule has 0 radical (unpaired) electrons. The van der Waals surface area contributed by atoms with E-state index in [0.717, 1.165) is 44.7 Å². The van der Waals surface area contributed by atoms with Gasteiger partial charge >= 0.3 is 0 Å². The van der Waals surface area contributed by atoms with Gasteiger partial charge < -0.3 is 14.6 Å². The Labute approximate surface area is 115 Å². The number of imidazole rings is 1. The van der Waals surface area contributed by atoms with E-state index in [4.69, 9.17) is 0 Å². The van der Waals surface area contributed by atoms with Gasteiger partial charge in [-0.05, 0) is 19.3 Å². The highest BCUT2D eigenvalue weighted by Crippen LogP contribution is 2.39. The predicted molar refractivity (Wildman–Crippen MR) is 74.9 cm³/mol. The lowest BCUT2D eigenvalue weighted by Gasteiger charge is -2.47. The van der Waals surface area contributed by atoms with Crippen LogP contribution in [-0.4, -0.2) is 44.8 Å². The van der Waals surface area contributed by atoms with Gasteiger partial charge in [0, 0.05) is 51.4 Å². The fourth-order valence-electron chi connectivity index (χ4n) is 3.74. The van der Waals surface area contributed by atoms with Crippen molar-refractivity contribution in [2.45, 2.75) is 44.1 Å². The molecule has 0 bridgehead atoms. The summed E-state index contributed by atoms with van der Waals surface area (Å²) >= 11 is 0. The first kappa shape index (κ1) is 13.1. The summed E-state index contributed by atoms with van der Waals surface area (Å²) in [5.74, 6) is 1.65. The predicted octanol–water partition coefficient (Wildman–Crippen LogP) is 1.59. The Morgan fingerprint density at radius 2 is 2.32 bits per heavy atom. The third kappa shape index (κ3) is 2.70. The zero-order chi connectivity index (χ0) is 13.3. The number of aliphatic hydroxyl groups is 1. The molecule has 2 atom stereocenters. The van der Waals surface area contributed by atoms with Gasteiger partial charge in [0.2, 0.25) is 0 Å². The lowest BCUT2D eigenvalue weighted by Crippen LogP contribution is -2.53. The Bertz CT molecular complexity index is 431. The van der Waals surface area contributed by atoms with Crippen molar-refractivity contribution in [1.29, 1.82) is 0 Å². The number of hydrogen-bond acceptors (Lipinski definition) is 3. The van der Waals surface area contributed by atoms with Crippen LogP contribution in [0.3, 0.4) is 0 Å². The highest BCUT2D eigenvalue weighted by Gasteiger charge is 2.42. The van der Waals surface area contributed by atoms with E-state index in [9.17, 15) is 5.11 Å². The van der Waals surface area contributed by atoms with Gasteiger partial charge in [0.25, 0.3) is 0 Å². The first-order valence-electron chi connectivity index (χ1n) is 7.58. The molecule has 1 saturated heterocycles. The van der Waals surface area contributed by atoms with Crippen molar-refractivity contribution in [2.24, 2.45) is 13.0 Å². The Morgan fingerprint density at radius 3 is 3.11 bits per heavy atom. The molecule has 19 heavy (non-hydrogen) atoms. The van der Waals surface area contributed by atoms with Crippen LogP contribution in [-0.2, 0) is 13.5 Å². The zero-order valence-corrected chi connectivity index (χ0v) is 11.9. The van der Waals surface area contributed by atoms with Gasteiger partial charge in [-0.15, -0.1) is 0 Å². The normalized spacial score (nSPS) is 32.2. The number of hydrogen-bond donors (Lipinski definition) is 1. The molecular weight excluding hydrogens is 238 g/mol. The van der Waals surface area contributed by atoms with Crippen LogP contribution in [0.15, 0.2) is 12.4 Å². The maximum Gasteiger partial charge on any atom is 0.109 e. The largest absolute Gasteiger partial charge is 0.390 e. The first-order chi connectivity index (χ1) is 9.17. The molecule has 1 aliphatic carbocycles. The summed E-state index contributed by atoms with van der Waals surface area (Å²) < 4.78 is 2.10. The van der Waals surface area contributed by atoms with E-state index in [-0.39, 0.29) is 5.60 Å². The number of rotatable bonds is 3. The molecule has 1 aliphatic heterocycles. The van der Waals surface area contributed by atoms with E-state index in [0.29, 0.717) is 5.92 Å². The molecule has 4 nitrogen and oxygen atoms in total. The van der Waals surface area contributed by atoms with Gasteiger partial charge in [-0.25, -0.2) is 4.98 Å². The van der Waals surface area contributed by atoms with Gasteiger partial charge in [0.15, 0.2) is 0 Å². The van der Waals surface area contributed by atoms with Crippen LogP contribution in [0.25, 0.3) is 0 Å². The molecule has 4 heteroatoms. The number of aromatic nitrogens is 2. The first-order valence-corrected chi connectivity index (χ1v) is 7.58. The molecule has 106 valence electrons. The van der Waals surface area contributed by atoms with Crippen molar-refractivity contribution in [1.82, 2.24) is 14.5 Å². The van der Waals surface area contributed by atoms with Crippen LogP contribution in [0.5, 0.6) is 0 Å². The fourth-order valence-corrected chi connectivity index (χ4v) is 3.74. The van der Waals surface area contributed by atoms with Crippen molar-refractivity contribution in [2.75, 3.05) is 19.6 Å². The molecule has 1 aromatic rings. The van der Waals surface area contributed by atoms with Gasteiger partial charge in [0.1, 0.15) is 5.82 Å². The molecule has 1 aromatic heterocycles. The standard InChI is InChI=1S/C15H25N3O/c1-17-11-8-16-14(17)5-9-18-10-7-15(19)6-3-2-4-13(15)12-18/h8,11,13,19H,2-7,9-10,12H2,1H3. The Kier molecular flexibility index (Phi) is 3.63. The molecule has 0 aromatic carbocycles. The molecule has 0 spiro atoms. The molecule has 0 amide bonds. The van der Waals surface area contributed by atoms with E-state index < -0.39 is 0 Å². The van der Waals surface area contributed by atoms with E-state index in [2.05, 4.69) is 21.5 Å². The van der Waals surface area contributed by atoms with Gasteiger partial charge in [0.05, 0.1) is 5.60 Å². The second-order valence-electron chi connectivity index (χ2n) is 6.30. The zero-order valence-electron chi connectivity index (χ0n) is 11.9. The highest BCUT2D eigenvalue weighted by atomic mass is 16.3. The fraction of sp³-hybridized carbons (Fsp3) is 0.800. The van der Waals surface area contributed by atoms with Crippen LogP contribution < -0.4 is 0 Å². The number of likely N-dealkylation sites (tertiary alicyclic amines) is 1. The third-order valence-corrected chi connectivity index (χ3v) is 5.08. The Morgan fingerprint density at radius 1 is 1.42 bits per heavy atom. The molecular formula is C15H25N3O. The second kappa shape index (κ2) is 5.25. The van der Waals surface area contributed by atoms with Crippen LogP contribution in [0.1, 0.15) is 37.9 Å². The number of aryl methyl sites for hydroxylation is 1. The maximum absolute atomic E-state index is 10.7. The average Bonchev–Trinajstić information content (AvgIpc) is 2.81. The highest BCUT2D eigenvalue weighted by molar-refractivity contribution is 4.97. The molecule has 2 fully saturated rings. The minimum Gasteiger partial charge on any atom is -0.390 e. The second-order valence-corrected chi connectivity index (χ2v) is 6.30. The van der Waals surface area contributed by atoms with Gasteiger partial charge in [-0.2, -0.15) is 0 Å². The van der Waals surface area contributed by atoms with Crippen molar-refractivity contribution in [3.8, 4) is 0 Å². The van der Waals surface area contributed by atoms with E-state index in [1.54, 1.807) is 0 Å². The smallest absolute Gasteiger partial charge is 0.109 e. The Hall–Kier alpha value is -0.870. The number of piperidine rings is 1. The minimum atomic E-state index is -0.349. The van der Waals surface area contributed by atoms with Crippen molar-refractivity contribution in [3.63, 3.8) is 0 Å². The van der Waals surface area contributed by atoms with Crippen LogP contribution in [0.4, 0.5) is 0 Å². The quantitative estimate of drug-likeness (QED) is 0.900. The summed E-state index contributed by atoms with van der Waals surface area (Å²) in [6, 6.07) is 0. The Balaban J connectivity index is 1.55. The average molecular weight is 263 g/mol. The summed E-state index contributed by atoms with van der Waals surface area (Å²) in [5.41, 5.74) is -0.349. The van der Waals surface area contributed by atoms with Crippen LogP contribution in [0, 0.1) is 5.92 Å². The summed E-state index contributed by atoms with van der Waals surface area (Å²) in [6.45, 7) is 3.18. The lowest BCUT2D eigenvalue weighted by molar-refractivity contribution is -0.0950. The maximum atomic E-state index is 10.7. The molecule has 3 rings (SSSR count). The summed E-state index contributed by atoms with van der Waals surface area (Å²) in [4.78, 5) is 6.90. The monoisotopic (exact) mass is 263 g/mol. The van der Waals surface area contributed by atoms with E-state index in [1.807, 2.05) is 12.4 Å². The van der Waals surface area contributed by atoms with Crippen molar-refractivity contribution < 1.29 is 5.11 Å².